The van der Waals surface area contributed by atoms with Crippen LogP contribution < -0.4 is 5.32 Å². The van der Waals surface area contributed by atoms with E-state index < -0.39 is 35.9 Å². The van der Waals surface area contributed by atoms with Crippen molar-refractivity contribution in [3.63, 3.8) is 0 Å². The van der Waals surface area contributed by atoms with Gasteiger partial charge in [-0.25, -0.2) is 0 Å². The molecule has 39 heavy (non-hydrogen) atoms. The standard InChI is InChI=1S/C28H26Cl2N4O5/c1-17-5-2-6-18(13-17)23(15-24(35)36)32-25(37)26-33(27(38)19-8-9-21(29)22(30)14-19)11-4-12-34(26)28(39)20-7-3-10-31-16-20/h2-3,5-10,13-14,16,23,26H,4,11-12,15H2,1H3,(H,32,37)(H,35,36). The largest absolute Gasteiger partial charge is 0.481 e. The number of aromatic nitrogens is 1. The van der Waals surface area contributed by atoms with Crippen LogP contribution in [0.4, 0.5) is 0 Å². The summed E-state index contributed by atoms with van der Waals surface area (Å²) >= 11 is 12.2. The van der Waals surface area contributed by atoms with Crippen molar-refractivity contribution >= 4 is 46.9 Å². The number of benzene rings is 2. The lowest BCUT2D eigenvalue weighted by molar-refractivity contribution is -0.138. The zero-order chi connectivity index (χ0) is 28.1. The molecule has 4 rings (SSSR count). The van der Waals surface area contributed by atoms with Crippen LogP contribution in [0.25, 0.3) is 0 Å². The fourth-order valence-corrected chi connectivity index (χ4v) is 4.84. The summed E-state index contributed by atoms with van der Waals surface area (Å²) in [7, 11) is 0. The number of halogens is 2. The first-order valence-corrected chi connectivity index (χ1v) is 13.0. The number of carboxylic acids is 1. The van der Waals surface area contributed by atoms with Crippen molar-refractivity contribution in [1.82, 2.24) is 20.1 Å². The highest BCUT2D eigenvalue weighted by atomic mass is 35.5. The first kappa shape index (κ1) is 28.1. The van der Waals surface area contributed by atoms with Gasteiger partial charge in [-0.15, -0.1) is 0 Å². The van der Waals surface area contributed by atoms with Crippen LogP contribution in [0.2, 0.25) is 10.0 Å². The molecule has 1 fully saturated rings. The minimum absolute atomic E-state index is 0.171. The van der Waals surface area contributed by atoms with Crippen LogP contribution in [-0.2, 0) is 9.59 Å². The van der Waals surface area contributed by atoms with E-state index in [4.69, 9.17) is 23.2 Å². The summed E-state index contributed by atoms with van der Waals surface area (Å²) in [5.41, 5.74) is 1.92. The van der Waals surface area contributed by atoms with Gasteiger partial charge < -0.3 is 20.2 Å². The van der Waals surface area contributed by atoms with E-state index in [0.717, 1.165) is 5.56 Å². The topological polar surface area (TPSA) is 120 Å². The number of nitrogens with zero attached hydrogens (tertiary/aromatic N) is 3. The molecule has 1 aromatic heterocycles. The average Bonchev–Trinajstić information content (AvgIpc) is 2.93. The second-order valence-electron chi connectivity index (χ2n) is 9.17. The number of aliphatic carboxylic acids is 1. The maximum atomic E-state index is 13.9. The van der Waals surface area contributed by atoms with Crippen LogP contribution >= 0.6 is 23.2 Å². The molecule has 0 spiro atoms. The molecule has 2 aromatic carbocycles. The third-order valence-corrected chi connectivity index (χ3v) is 7.10. The summed E-state index contributed by atoms with van der Waals surface area (Å²) in [5.74, 6) is -2.81. The Morgan fingerprint density at radius 2 is 1.69 bits per heavy atom. The Bertz CT molecular complexity index is 1400. The van der Waals surface area contributed by atoms with Gasteiger partial charge in [-0.3, -0.25) is 24.2 Å². The molecular weight excluding hydrogens is 543 g/mol. The maximum absolute atomic E-state index is 13.9. The molecule has 2 atom stereocenters. The van der Waals surface area contributed by atoms with Crippen molar-refractivity contribution in [2.45, 2.75) is 32.0 Å². The number of pyridine rings is 1. The fraction of sp³-hybridized carbons (Fsp3) is 0.250. The third-order valence-electron chi connectivity index (χ3n) is 6.36. The van der Waals surface area contributed by atoms with Crippen molar-refractivity contribution in [1.29, 1.82) is 0 Å². The first-order valence-electron chi connectivity index (χ1n) is 12.2. The number of hydrogen-bond donors (Lipinski definition) is 2. The monoisotopic (exact) mass is 568 g/mol. The molecule has 0 radical (unpaired) electrons. The highest BCUT2D eigenvalue weighted by Gasteiger charge is 2.41. The summed E-state index contributed by atoms with van der Waals surface area (Å²) < 4.78 is 0. The van der Waals surface area contributed by atoms with Crippen LogP contribution in [0.1, 0.15) is 50.7 Å². The SMILES string of the molecule is Cc1cccc(C(CC(=O)O)NC(=O)C2N(C(=O)c3cccnc3)CCCN2C(=O)c2ccc(Cl)c(Cl)c2)c1. The molecule has 202 valence electrons. The molecule has 11 heteroatoms. The number of nitrogens with one attached hydrogen (secondary N) is 1. The van der Waals surface area contributed by atoms with Crippen molar-refractivity contribution < 1.29 is 24.3 Å². The van der Waals surface area contributed by atoms with Crippen molar-refractivity contribution in [2.24, 2.45) is 0 Å². The Balaban J connectivity index is 1.72. The lowest BCUT2D eigenvalue weighted by Gasteiger charge is -2.43. The van der Waals surface area contributed by atoms with E-state index in [9.17, 15) is 24.3 Å². The van der Waals surface area contributed by atoms with E-state index in [2.05, 4.69) is 10.3 Å². The molecule has 0 bridgehead atoms. The second-order valence-corrected chi connectivity index (χ2v) is 9.98. The van der Waals surface area contributed by atoms with Gasteiger partial charge in [0.1, 0.15) is 0 Å². The van der Waals surface area contributed by atoms with E-state index in [0.29, 0.717) is 12.0 Å². The van der Waals surface area contributed by atoms with Gasteiger partial charge in [0.25, 0.3) is 17.7 Å². The fourth-order valence-electron chi connectivity index (χ4n) is 4.54. The molecule has 1 aliphatic rings. The molecule has 2 unspecified atom stereocenters. The van der Waals surface area contributed by atoms with Crippen LogP contribution in [0.3, 0.4) is 0 Å². The van der Waals surface area contributed by atoms with Gasteiger partial charge in [-0.2, -0.15) is 0 Å². The highest BCUT2D eigenvalue weighted by Crippen LogP contribution is 2.27. The van der Waals surface area contributed by atoms with Gasteiger partial charge in [-0.1, -0.05) is 53.0 Å². The van der Waals surface area contributed by atoms with Crippen LogP contribution in [0.15, 0.2) is 67.0 Å². The lowest BCUT2D eigenvalue weighted by Crippen LogP contribution is -2.63. The third kappa shape index (κ3) is 6.55. The zero-order valence-electron chi connectivity index (χ0n) is 21.0. The molecule has 3 amide bonds. The first-order chi connectivity index (χ1) is 18.7. The Kier molecular flexibility index (Phi) is 8.83. The summed E-state index contributed by atoms with van der Waals surface area (Å²) in [6.07, 6.45) is 1.58. The normalized spacial score (nSPS) is 15.9. The molecule has 3 aromatic rings. The summed E-state index contributed by atoms with van der Waals surface area (Å²) in [6, 6.07) is 13.8. The zero-order valence-corrected chi connectivity index (χ0v) is 22.5. The van der Waals surface area contributed by atoms with Gasteiger partial charge >= 0.3 is 5.97 Å². The van der Waals surface area contributed by atoms with Crippen LogP contribution in [0, 0.1) is 6.92 Å². The van der Waals surface area contributed by atoms with Crippen LogP contribution in [-0.4, -0.2) is 62.8 Å². The lowest BCUT2D eigenvalue weighted by atomic mass is 10.0. The summed E-state index contributed by atoms with van der Waals surface area (Å²) in [6.45, 7) is 2.24. The van der Waals surface area contributed by atoms with Crippen molar-refractivity contribution in [3.8, 4) is 0 Å². The molecule has 0 saturated carbocycles. The number of rotatable bonds is 7. The number of aryl methyl sites for hydroxylation is 1. The molecule has 1 aliphatic heterocycles. The highest BCUT2D eigenvalue weighted by molar-refractivity contribution is 6.42. The van der Waals surface area contributed by atoms with Crippen LogP contribution in [0.5, 0.6) is 0 Å². The van der Waals surface area contributed by atoms with Gasteiger partial charge in [0.05, 0.1) is 28.1 Å². The molecule has 0 aliphatic carbocycles. The Morgan fingerprint density at radius 1 is 0.974 bits per heavy atom. The van der Waals surface area contributed by atoms with Gasteiger partial charge in [-0.05, 0) is 49.2 Å². The maximum Gasteiger partial charge on any atom is 0.305 e. The molecule has 2 N–H and O–H groups in total. The number of carbonyl (C=O) groups excluding carboxylic acids is 3. The predicted molar refractivity (Wildman–Crippen MR) is 145 cm³/mol. The smallest absolute Gasteiger partial charge is 0.305 e. The molecule has 2 heterocycles. The average molecular weight is 569 g/mol. The second kappa shape index (κ2) is 12.3. The molecule has 1 saturated heterocycles. The minimum Gasteiger partial charge on any atom is -0.481 e. The number of hydrogen-bond acceptors (Lipinski definition) is 5. The Labute approximate surface area is 235 Å². The molecule has 9 nitrogen and oxygen atoms in total. The van der Waals surface area contributed by atoms with E-state index >= 15 is 0 Å². The predicted octanol–water partition coefficient (Wildman–Crippen LogP) is 4.34. The van der Waals surface area contributed by atoms with Gasteiger partial charge in [0.2, 0.25) is 0 Å². The van der Waals surface area contributed by atoms with Gasteiger partial charge in [0.15, 0.2) is 6.17 Å². The molecular formula is C28H26Cl2N4O5. The van der Waals surface area contributed by atoms with E-state index in [1.807, 2.05) is 13.0 Å². The summed E-state index contributed by atoms with van der Waals surface area (Å²) in [4.78, 5) is 59.4. The Morgan fingerprint density at radius 3 is 2.31 bits per heavy atom. The van der Waals surface area contributed by atoms with Crippen molar-refractivity contribution in [2.75, 3.05) is 13.1 Å². The Hall–Kier alpha value is -3.95. The quantitative estimate of drug-likeness (QED) is 0.437. The minimum atomic E-state index is -1.35. The summed E-state index contributed by atoms with van der Waals surface area (Å²) in [5, 5.41) is 12.8. The number of carboxylic acid groups (broad SMARTS) is 1. The van der Waals surface area contributed by atoms with Gasteiger partial charge in [0, 0.05) is 31.0 Å². The number of carbonyl (C=O) groups is 4. The van der Waals surface area contributed by atoms with E-state index in [-0.39, 0.29) is 40.7 Å². The van der Waals surface area contributed by atoms with E-state index in [1.165, 1.54) is 40.4 Å². The van der Waals surface area contributed by atoms with Crippen molar-refractivity contribution in [3.05, 3.63) is 99.3 Å². The van der Waals surface area contributed by atoms with E-state index in [1.54, 1.807) is 30.3 Å². The number of amides is 3.